The molecule has 2 rings (SSSR count). The SMILES string of the molecule is CCOc1ccc(C(=O)OCC(=O)Nc2cc(Cl)c(Cl)cc2Cl)cc1OCC. The number of esters is 1. The second-order valence-electron chi connectivity index (χ2n) is 5.40. The molecule has 0 aliphatic rings. The summed E-state index contributed by atoms with van der Waals surface area (Å²) >= 11 is 17.7. The maximum Gasteiger partial charge on any atom is 0.338 e. The summed E-state index contributed by atoms with van der Waals surface area (Å²) in [6, 6.07) is 7.46. The van der Waals surface area contributed by atoms with Crippen LogP contribution in [0.3, 0.4) is 0 Å². The Kier molecular flexibility index (Phi) is 8.23. The average Bonchev–Trinajstić information content (AvgIpc) is 2.66. The van der Waals surface area contributed by atoms with Gasteiger partial charge >= 0.3 is 5.97 Å². The standard InChI is InChI=1S/C19H18Cl3NO5/c1-3-26-16-6-5-11(7-17(16)27-4-2)19(25)28-10-18(24)23-15-9-13(21)12(20)8-14(15)22/h5-9H,3-4,10H2,1-2H3,(H,23,24). The number of rotatable bonds is 8. The number of halogens is 3. The number of amides is 1. The van der Waals surface area contributed by atoms with Crippen molar-refractivity contribution in [3.63, 3.8) is 0 Å². The predicted octanol–water partition coefficient (Wildman–Crippen LogP) is 5.24. The first-order valence-corrected chi connectivity index (χ1v) is 9.50. The van der Waals surface area contributed by atoms with Crippen molar-refractivity contribution in [2.45, 2.75) is 13.8 Å². The lowest BCUT2D eigenvalue weighted by Gasteiger charge is -2.12. The number of carbonyl (C=O) groups excluding carboxylic acids is 2. The summed E-state index contributed by atoms with van der Waals surface area (Å²) in [5.41, 5.74) is 0.490. The molecule has 0 spiro atoms. The summed E-state index contributed by atoms with van der Waals surface area (Å²) in [7, 11) is 0. The zero-order valence-electron chi connectivity index (χ0n) is 15.2. The van der Waals surface area contributed by atoms with E-state index in [1.165, 1.54) is 24.3 Å². The van der Waals surface area contributed by atoms with Crippen LogP contribution in [0.1, 0.15) is 24.2 Å². The fourth-order valence-electron chi connectivity index (χ4n) is 2.20. The zero-order chi connectivity index (χ0) is 20.7. The number of hydrogen-bond acceptors (Lipinski definition) is 5. The van der Waals surface area contributed by atoms with E-state index in [0.29, 0.717) is 24.7 Å². The van der Waals surface area contributed by atoms with Crippen LogP contribution in [0.2, 0.25) is 15.1 Å². The highest BCUT2D eigenvalue weighted by Crippen LogP contribution is 2.32. The Balaban J connectivity index is 2.00. The van der Waals surface area contributed by atoms with Crippen molar-refractivity contribution in [1.29, 1.82) is 0 Å². The highest BCUT2D eigenvalue weighted by Gasteiger charge is 2.15. The van der Waals surface area contributed by atoms with Crippen molar-refractivity contribution >= 4 is 52.4 Å². The van der Waals surface area contributed by atoms with Crippen LogP contribution in [0.15, 0.2) is 30.3 Å². The summed E-state index contributed by atoms with van der Waals surface area (Å²) in [5.74, 6) is -0.317. The number of hydrogen-bond donors (Lipinski definition) is 1. The lowest BCUT2D eigenvalue weighted by Crippen LogP contribution is -2.21. The molecule has 0 aliphatic heterocycles. The summed E-state index contributed by atoms with van der Waals surface area (Å²) in [4.78, 5) is 24.3. The molecule has 0 bridgehead atoms. The van der Waals surface area contributed by atoms with Crippen LogP contribution in [0.4, 0.5) is 5.69 Å². The van der Waals surface area contributed by atoms with Gasteiger partial charge in [-0.2, -0.15) is 0 Å². The Bertz CT molecular complexity index is 873. The molecule has 0 unspecified atom stereocenters. The molecule has 150 valence electrons. The van der Waals surface area contributed by atoms with Gasteiger partial charge in [0, 0.05) is 0 Å². The summed E-state index contributed by atoms with van der Waals surface area (Å²) in [6.45, 7) is 4.02. The maximum absolute atomic E-state index is 12.2. The molecule has 0 saturated heterocycles. The van der Waals surface area contributed by atoms with Crippen molar-refractivity contribution in [1.82, 2.24) is 0 Å². The second kappa shape index (κ2) is 10.4. The fraction of sp³-hybridized carbons (Fsp3) is 0.263. The predicted molar refractivity (Wildman–Crippen MR) is 109 cm³/mol. The van der Waals surface area contributed by atoms with Crippen LogP contribution in [-0.2, 0) is 9.53 Å². The van der Waals surface area contributed by atoms with Crippen LogP contribution in [0.5, 0.6) is 11.5 Å². The number of benzene rings is 2. The van der Waals surface area contributed by atoms with Crippen molar-refractivity contribution in [3.8, 4) is 11.5 Å². The molecule has 28 heavy (non-hydrogen) atoms. The molecule has 0 fully saturated rings. The number of anilines is 1. The van der Waals surface area contributed by atoms with E-state index in [1.807, 2.05) is 13.8 Å². The van der Waals surface area contributed by atoms with Crippen LogP contribution >= 0.6 is 34.8 Å². The van der Waals surface area contributed by atoms with E-state index in [-0.39, 0.29) is 26.3 Å². The molecular weight excluding hydrogens is 429 g/mol. The Morgan fingerprint density at radius 2 is 1.54 bits per heavy atom. The topological polar surface area (TPSA) is 73.9 Å². The van der Waals surface area contributed by atoms with Gasteiger partial charge in [-0.3, -0.25) is 4.79 Å². The average molecular weight is 447 g/mol. The van der Waals surface area contributed by atoms with Crippen molar-refractivity contribution in [2.24, 2.45) is 0 Å². The first-order valence-electron chi connectivity index (χ1n) is 8.36. The Morgan fingerprint density at radius 3 is 2.21 bits per heavy atom. The zero-order valence-corrected chi connectivity index (χ0v) is 17.5. The molecule has 0 heterocycles. The molecule has 2 aromatic rings. The second-order valence-corrected chi connectivity index (χ2v) is 6.62. The molecule has 9 heteroatoms. The third-order valence-corrected chi connectivity index (χ3v) is 4.43. The number of ether oxygens (including phenoxy) is 3. The minimum Gasteiger partial charge on any atom is -0.490 e. The molecule has 1 N–H and O–H groups in total. The van der Waals surface area contributed by atoms with Gasteiger partial charge < -0.3 is 19.5 Å². The van der Waals surface area contributed by atoms with Gasteiger partial charge in [-0.15, -0.1) is 0 Å². The Labute approximate surface area is 177 Å². The highest BCUT2D eigenvalue weighted by molar-refractivity contribution is 6.44. The molecule has 0 aliphatic carbocycles. The summed E-state index contributed by atoms with van der Waals surface area (Å²) in [5, 5.41) is 3.21. The largest absolute Gasteiger partial charge is 0.490 e. The third-order valence-electron chi connectivity index (χ3n) is 3.40. The van der Waals surface area contributed by atoms with Gasteiger partial charge in [0.1, 0.15) is 0 Å². The minimum absolute atomic E-state index is 0.210. The molecule has 0 radical (unpaired) electrons. The normalized spacial score (nSPS) is 10.3. The van der Waals surface area contributed by atoms with Gasteiger partial charge in [-0.1, -0.05) is 34.8 Å². The lowest BCUT2D eigenvalue weighted by atomic mass is 10.2. The van der Waals surface area contributed by atoms with E-state index in [0.717, 1.165) is 0 Å². The quantitative estimate of drug-likeness (QED) is 0.443. The van der Waals surface area contributed by atoms with Crippen molar-refractivity contribution < 1.29 is 23.8 Å². The molecule has 0 atom stereocenters. The van der Waals surface area contributed by atoms with Gasteiger partial charge in [-0.25, -0.2) is 4.79 Å². The van der Waals surface area contributed by atoms with Crippen LogP contribution in [0.25, 0.3) is 0 Å². The van der Waals surface area contributed by atoms with Gasteiger partial charge in [0.25, 0.3) is 5.91 Å². The highest BCUT2D eigenvalue weighted by atomic mass is 35.5. The van der Waals surface area contributed by atoms with E-state index in [4.69, 9.17) is 49.0 Å². The molecule has 2 aromatic carbocycles. The number of carbonyl (C=O) groups is 2. The van der Waals surface area contributed by atoms with Gasteiger partial charge in [0.15, 0.2) is 18.1 Å². The molecule has 0 aromatic heterocycles. The first kappa shape index (κ1) is 22.1. The smallest absolute Gasteiger partial charge is 0.338 e. The van der Waals surface area contributed by atoms with Crippen LogP contribution in [0, 0.1) is 0 Å². The van der Waals surface area contributed by atoms with E-state index >= 15 is 0 Å². The maximum atomic E-state index is 12.2. The lowest BCUT2D eigenvalue weighted by molar-refractivity contribution is -0.119. The summed E-state index contributed by atoms with van der Waals surface area (Å²) < 4.78 is 16.0. The van der Waals surface area contributed by atoms with Crippen LogP contribution < -0.4 is 14.8 Å². The summed E-state index contributed by atoms with van der Waals surface area (Å²) in [6.07, 6.45) is 0. The van der Waals surface area contributed by atoms with E-state index in [9.17, 15) is 9.59 Å². The Morgan fingerprint density at radius 1 is 0.893 bits per heavy atom. The van der Waals surface area contributed by atoms with Gasteiger partial charge in [0.2, 0.25) is 0 Å². The van der Waals surface area contributed by atoms with Gasteiger partial charge in [0.05, 0.1) is 39.5 Å². The molecule has 6 nitrogen and oxygen atoms in total. The van der Waals surface area contributed by atoms with Gasteiger partial charge in [-0.05, 0) is 44.2 Å². The fourth-order valence-corrected chi connectivity index (χ4v) is 2.79. The monoisotopic (exact) mass is 445 g/mol. The van der Waals surface area contributed by atoms with Crippen molar-refractivity contribution in [3.05, 3.63) is 51.0 Å². The van der Waals surface area contributed by atoms with E-state index in [1.54, 1.807) is 6.07 Å². The molecule has 1 amide bonds. The molecular formula is C19H18Cl3NO5. The third kappa shape index (κ3) is 5.92. The van der Waals surface area contributed by atoms with E-state index in [2.05, 4.69) is 5.32 Å². The van der Waals surface area contributed by atoms with Crippen molar-refractivity contribution in [2.75, 3.05) is 25.1 Å². The first-order chi connectivity index (χ1) is 13.3. The molecule has 0 saturated carbocycles. The Hall–Kier alpha value is -2.15. The van der Waals surface area contributed by atoms with E-state index < -0.39 is 18.5 Å². The minimum atomic E-state index is -0.681. The van der Waals surface area contributed by atoms with Crippen LogP contribution in [-0.4, -0.2) is 31.7 Å². The number of nitrogens with one attached hydrogen (secondary N) is 1.